The number of nitrogens with two attached hydrogens (primary N) is 1. The summed E-state index contributed by atoms with van der Waals surface area (Å²) < 4.78 is 0. The summed E-state index contributed by atoms with van der Waals surface area (Å²) in [4.78, 5) is 25.7. The summed E-state index contributed by atoms with van der Waals surface area (Å²) in [6, 6.07) is 5.09. The number of rotatable bonds is 8. The number of carbonyl (C=O) groups excluding carboxylic acids is 1. The molecule has 0 aliphatic rings. The first-order chi connectivity index (χ1) is 10.8. The molecule has 0 spiro atoms. The van der Waals surface area contributed by atoms with Gasteiger partial charge in [-0.3, -0.25) is 9.59 Å². The Bertz CT molecular complexity index is 558. The molecule has 1 rings (SSSR count). The van der Waals surface area contributed by atoms with E-state index >= 15 is 0 Å². The predicted molar refractivity (Wildman–Crippen MR) is 92.6 cm³/mol. The lowest BCUT2D eigenvalue weighted by molar-refractivity contribution is -0.142. The van der Waals surface area contributed by atoms with Crippen molar-refractivity contribution in [3.63, 3.8) is 0 Å². The van der Waals surface area contributed by atoms with Gasteiger partial charge in [0.15, 0.2) is 0 Å². The minimum atomic E-state index is -0.876. The van der Waals surface area contributed by atoms with Gasteiger partial charge in [-0.25, -0.2) is 0 Å². The molecule has 0 bridgehead atoms. The van der Waals surface area contributed by atoms with Crippen LogP contribution in [0.15, 0.2) is 18.2 Å². The van der Waals surface area contributed by atoms with Gasteiger partial charge in [-0.05, 0) is 30.5 Å². The first kappa shape index (κ1) is 18.8. The van der Waals surface area contributed by atoms with Crippen molar-refractivity contribution in [3.05, 3.63) is 23.8 Å². The summed E-state index contributed by atoms with van der Waals surface area (Å²) in [5, 5.41) is 12.2. The minimum Gasteiger partial charge on any atom is -0.481 e. The second kappa shape index (κ2) is 8.41. The monoisotopic (exact) mass is 321 g/mol. The Morgan fingerprint density at radius 1 is 1.30 bits per heavy atom. The van der Waals surface area contributed by atoms with Gasteiger partial charge in [0.2, 0.25) is 0 Å². The highest BCUT2D eigenvalue weighted by Crippen LogP contribution is 2.21. The lowest BCUT2D eigenvalue weighted by Crippen LogP contribution is -2.40. The number of hydrogen-bond acceptors (Lipinski definition) is 4. The average Bonchev–Trinajstić information content (AvgIpc) is 2.49. The molecule has 6 nitrogen and oxygen atoms in total. The van der Waals surface area contributed by atoms with Crippen LogP contribution in [0, 0.1) is 11.8 Å². The Hall–Kier alpha value is -2.24. The van der Waals surface area contributed by atoms with E-state index in [-0.39, 0.29) is 18.4 Å². The van der Waals surface area contributed by atoms with E-state index in [4.69, 9.17) is 5.73 Å². The molecule has 4 N–H and O–H groups in total. The lowest BCUT2D eigenvalue weighted by atomic mass is 10.0. The molecular formula is C17H27N3O3. The van der Waals surface area contributed by atoms with Gasteiger partial charge >= 0.3 is 5.97 Å². The topological polar surface area (TPSA) is 95.7 Å². The molecule has 0 radical (unpaired) electrons. The fourth-order valence-electron chi connectivity index (χ4n) is 2.43. The molecule has 0 aliphatic carbocycles. The second-order valence-electron chi connectivity index (χ2n) is 6.10. The SMILES string of the molecule is CCC(CN(CC(C)C)C(=O)c1ccc(NC)c(N)c1)C(=O)O. The zero-order valence-corrected chi connectivity index (χ0v) is 14.3. The maximum absolute atomic E-state index is 12.8. The van der Waals surface area contributed by atoms with Crippen LogP contribution in [0.25, 0.3) is 0 Å². The van der Waals surface area contributed by atoms with E-state index in [9.17, 15) is 14.7 Å². The normalized spacial score (nSPS) is 12.0. The van der Waals surface area contributed by atoms with Gasteiger partial charge < -0.3 is 21.1 Å². The Balaban J connectivity index is 3.03. The van der Waals surface area contributed by atoms with Crippen molar-refractivity contribution in [2.45, 2.75) is 27.2 Å². The van der Waals surface area contributed by atoms with E-state index in [1.165, 1.54) is 0 Å². The predicted octanol–water partition coefficient (Wildman–Crippen LogP) is 2.52. The molecule has 128 valence electrons. The smallest absolute Gasteiger partial charge is 0.308 e. The first-order valence-corrected chi connectivity index (χ1v) is 7.89. The summed E-state index contributed by atoms with van der Waals surface area (Å²) in [6.07, 6.45) is 0.484. The first-order valence-electron chi connectivity index (χ1n) is 7.89. The second-order valence-corrected chi connectivity index (χ2v) is 6.10. The number of aliphatic carboxylic acids is 1. The van der Waals surface area contributed by atoms with Crippen LogP contribution in [0.2, 0.25) is 0 Å². The van der Waals surface area contributed by atoms with E-state index < -0.39 is 11.9 Å². The summed E-state index contributed by atoms with van der Waals surface area (Å²) in [7, 11) is 1.76. The Labute approximate surface area is 137 Å². The van der Waals surface area contributed by atoms with E-state index in [1.807, 2.05) is 20.8 Å². The molecule has 6 heteroatoms. The highest BCUT2D eigenvalue weighted by atomic mass is 16.4. The third-order valence-electron chi connectivity index (χ3n) is 3.72. The van der Waals surface area contributed by atoms with Gasteiger partial charge in [0.1, 0.15) is 0 Å². The Morgan fingerprint density at radius 2 is 1.96 bits per heavy atom. The fourth-order valence-corrected chi connectivity index (χ4v) is 2.43. The number of anilines is 2. The van der Waals surface area contributed by atoms with E-state index in [1.54, 1.807) is 30.1 Å². The number of benzene rings is 1. The number of nitrogen functional groups attached to an aromatic ring is 1. The van der Waals surface area contributed by atoms with Crippen LogP contribution < -0.4 is 11.1 Å². The van der Waals surface area contributed by atoms with Gasteiger partial charge in [-0.2, -0.15) is 0 Å². The largest absolute Gasteiger partial charge is 0.481 e. The van der Waals surface area contributed by atoms with Gasteiger partial charge in [-0.1, -0.05) is 20.8 Å². The fraction of sp³-hybridized carbons (Fsp3) is 0.529. The molecule has 23 heavy (non-hydrogen) atoms. The zero-order valence-electron chi connectivity index (χ0n) is 14.3. The molecule has 1 amide bonds. The minimum absolute atomic E-state index is 0.187. The molecule has 1 unspecified atom stereocenters. The molecule has 1 aromatic rings. The quantitative estimate of drug-likeness (QED) is 0.639. The maximum Gasteiger partial charge on any atom is 0.308 e. The number of carboxylic acid groups (broad SMARTS) is 1. The molecule has 0 aliphatic heterocycles. The number of carbonyl (C=O) groups is 2. The van der Waals surface area contributed by atoms with Crippen molar-refractivity contribution >= 4 is 23.3 Å². The van der Waals surface area contributed by atoms with Crippen LogP contribution in [0.3, 0.4) is 0 Å². The number of carboxylic acids is 1. The van der Waals surface area contributed by atoms with Crippen molar-refractivity contribution in [2.75, 3.05) is 31.2 Å². The van der Waals surface area contributed by atoms with Crippen molar-refractivity contribution < 1.29 is 14.7 Å². The Kier molecular flexibility index (Phi) is 6.88. The molecule has 0 heterocycles. The lowest BCUT2D eigenvalue weighted by Gasteiger charge is -2.27. The molecule has 1 aromatic carbocycles. The maximum atomic E-state index is 12.8. The molecule has 0 saturated carbocycles. The summed E-state index contributed by atoms with van der Waals surface area (Å²) in [5.74, 6) is -1.38. The molecule has 0 saturated heterocycles. The molecular weight excluding hydrogens is 294 g/mol. The highest BCUT2D eigenvalue weighted by molar-refractivity contribution is 5.96. The highest BCUT2D eigenvalue weighted by Gasteiger charge is 2.24. The van der Waals surface area contributed by atoms with Crippen LogP contribution in [-0.2, 0) is 4.79 Å². The van der Waals surface area contributed by atoms with Crippen molar-refractivity contribution in [1.29, 1.82) is 0 Å². The van der Waals surface area contributed by atoms with E-state index in [2.05, 4.69) is 5.32 Å². The standard InChI is InChI=1S/C17H27N3O3/c1-5-12(17(22)23)10-20(9-11(2)3)16(21)13-6-7-15(19-4)14(18)8-13/h6-8,11-12,19H,5,9-10,18H2,1-4H3,(H,22,23). The summed E-state index contributed by atoms with van der Waals surface area (Å²) in [5.41, 5.74) is 7.65. The number of amides is 1. The van der Waals surface area contributed by atoms with Crippen molar-refractivity contribution in [2.24, 2.45) is 11.8 Å². The van der Waals surface area contributed by atoms with Crippen LogP contribution in [0.1, 0.15) is 37.6 Å². The number of nitrogens with zero attached hydrogens (tertiary/aromatic N) is 1. The average molecular weight is 321 g/mol. The van der Waals surface area contributed by atoms with Gasteiger partial charge in [0, 0.05) is 25.7 Å². The van der Waals surface area contributed by atoms with E-state index in [0.717, 1.165) is 5.69 Å². The van der Waals surface area contributed by atoms with Crippen LogP contribution in [0.4, 0.5) is 11.4 Å². The molecule has 1 atom stereocenters. The van der Waals surface area contributed by atoms with Gasteiger partial charge in [0.05, 0.1) is 17.3 Å². The summed E-state index contributed by atoms with van der Waals surface area (Å²) >= 11 is 0. The third-order valence-corrected chi connectivity index (χ3v) is 3.72. The van der Waals surface area contributed by atoms with Gasteiger partial charge in [-0.15, -0.1) is 0 Å². The number of nitrogens with one attached hydrogen (secondary N) is 1. The van der Waals surface area contributed by atoms with Crippen molar-refractivity contribution in [1.82, 2.24) is 4.90 Å². The molecule has 0 aromatic heterocycles. The van der Waals surface area contributed by atoms with Crippen LogP contribution in [0.5, 0.6) is 0 Å². The van der Waals surface area contributed by atoms with Crippen LogP contribution >= 0.6 is 0 Å². The van der Waals surface area contributed by atoms with Crippen LogP contribution in [-0.4, -0.2) is 42.0 Å². The van der Waals surface area contributed by atoms with Gasteiger partial charge in [0.25, 0.3) is 5.91 Å². The Morgan fingerprint density at radius 3 is 2.39 bits per heavy atom. The number of hydrogen-bond donors (Lipinski definition) is 3. The third kappa shape index (κ3) is 5.16. The summed E-state index contributed by atoms with van der Waals surface area (Å²) in [6.45, 7) is 6.53. The van der Waals surface area contributed by atoms with E-state index in [0.29, 0.717) is 24.2 Å². The van der Waals surface area contributed by atoms with Crippen molar-refractivity contribution in [3.8, 4) is 0 Å². The zero-order chi connectivity index (χ0) is 17.6. The molecule has 0 fully saturated rings.